The van der Waals surface area contributed by atoms with E-state index in [1.807, 2.05) is 0 Å². The van der Waals surface area contributed by atoms with Gasteiger partial charge in [-0.25, -0.2) is 0 Å². The third kappa shape index (κ3) is 1.80. The minimum absolute atomic E-state index is 0.148. The Labute approximate surface area is 68.7 Å². The van der Waals surface area contributed by atoms with Crippen LogP contribution in [0, 0.1) is 0 Å². The largest absolute Gasteiger partial charge is 0.347 e. The molecule has 0 aromatic carbocycles. The quantitative estimate of drug-likeness (QED) is 0.613. The minimum Gasteiger partial charge on any atom is -0.347 e. The van der Waals surface area contributed by atoms with Gasteiger partial charge < -0.3 is 4.74 Å². The first-order chi connectivity index (χ1) is 5.31. The maximum atomic E-state index is 5.66. The van der Waals surface area contributed by atoms with Crippen LogP contribution in [0.2, 0.25) is 0 Å². The Morgan fingerprint density at radius 3 is 2.36 bits per heavy atom. The van der Waals surface area contributed by atoms with Crippen LogP contribution in [-0.2, 0) is 4.74 Å². The molecule has 0 radical (unpaired) electrons. The van der Waals surface area contributed by atoms with Gasteiger partial charge in [0.25, 0.3) is 0 Å². The molecule has 0 bridgehead atoms. The molecule has 0 saturated carbocycles. The molecule has 0 aromatic heterocycles. The molecule has 0 amide bonds. The summed E-state index contributed by atoms with van der Waals surface area (Å²) in [5.74, 6) is 0. The van der Waals surface area contributed by atoms with E-state index in [-0.39, 0.29) is 6.23 Å². The topological polar surface area (TPSA) is 21.6 Å². The third-order valence-electron chi connectivity index (χ3n) is 2.09. The number of hydrogen-bond acceptors (Lipinski definition) is 2. The van der Waals surface area contributed by atoms with Crippen molar-refractivity contribution in [3.63, 3.8) is 0 Å². The number of nitrogens with zero attached hydrogens (tertiary/aromatic N) is 1. The van der Waals surface area contributed by atoms with Gasteiger partial charge in [-0.3, -0.25) is 4.99 Å². The number of hydrogen-bond donors (Lipinski definition) is 0. The molecule has 1 aliphatic heterocycles. The third-order valence-corrected chi connectivity index (χ3v) is 2.09. The first-order valence-corrected chi connectivity index (χ1v) is 4.53. The van der Waals surface area contributed by atoms with Crippen molar-refractivity contribution in [2.45, 2.75) is 52.4 Å². The monoisotopic (exact) mass is 155 g/mol. The standard InChI is InChI=1S/C9H17NO/c1-4-7-8(5-2)11-9(6-3)10-7/h8-9H,4-6H2,1-3H3. The normalized spacial score (nSPS) is 30.6. The number of aliphatic imine (C=N–C) groups is 1. The average Bonchev–Trinajstić information content (AvgIpc) is 2.46. The Morgan fingerprint density at radius 1 is 1.27 bits per heavy atom. The average molecular weight is 155 g/mol. The predicted molar refractivity (Wildman–Crippen MR) is 47.0 cm³/mol. The van der Waals surface area contributed by atoms with Crippen molar-refractivity contribution in [1.29, 1.82) is 0 Å². The zero-order chi connectivity index (χ0) is 8.27. The molecule has 0 spiro atoms. The van der Waals surface area contributed by atoms with Gasteiger partial charge >= 0.3 is 0 Å². The van der Waals surface area contributed by atoms with Gasteiger partial charge in [0.2, 0.25) is 0 Å². The van der Waals surface area contributed by atoms with Gasteiger partial charge in [0.05, 0.1) is 6.10 Å². The van der Waals surface area contributed by atoms with Gasteiger partial charge in [-0.05, 0) is 19.3 Å². The summed E-state index contributed by atoms with van der Waals surface area (Å²) in [5.41, 5.74) is 1.25. The summed E-state index contributed by atoms with van der Waals surface area (Å²) in [6.07, 6.45) is 3.55. The maximum absolute atomic E-state index is 5.66. The van der Waals surface area contributed by atoms with Gasteiger partial charge in [0.15, 0.2) is 0 Å². The van der Waals surface area contributed by atoms with Crippen molar-refractivity contribution in [2.75, 3.05) is 0 Å². The molecule has 1 rings (SSSR count). The summed E-state index contributed by atoms with van der Waals surface area (Å²) in [7, 11) is 0. The Kier molecular flexibility index (Phi) is 3.06. The summed E-state index contributed by atoms with van der Waals surface area (Å²) in [6, 6.07) is 0. The highest BCUT2D eigenvalue weighted by atomic mass is 16.5. The lowest BCUT2D eigenvalue weighted by molar-refractivity contribution is 0.0464. The van der Waals surface area contributed by atoms with Gasteiger partial charge in [-0.2, -0.15) is 0 Å². The molecule has 2 unspecified atom stereocenters. The van der Waals surface area contributed by atoms with Gasteiger partial charge in [0, 0.05) is 5.71 Å². The van der Waals surface area contributed by atoms with E-state index in [9.17, 15) is 0 Å². The molecule has 11 heavy (non-hydrogen) atoms. The summed E-state index contributed by atoms with van der Waals surface area (Å²) in [5, 5.41) is 0. The fourth-order valence-electron chi connectivity index (χ4n) is 1.40. The Morgan fingerprint density at radius 2 is 2.00 bits per heavy atom. The van der Waals surface area contributed by atoms with Crippen LogP contribution in [-0.4, -0.2) is 18.0 Å². The van der Waals surface area contributed by atoms with Crippen LogP contribution in [0.5, 0.6) is 0 Å². The summed E-state index contributed by atoms with van der Waals surface area (Å²) < 4.78 is 5.66. The highest BCUT2D eigenvalue weighted by Gasteiger charge is 2.24. The van der Waals surface area contributed by atoms with Gasteiger partial charge in [-0.15, -0.1) is 0 Å². The van der Waals surface area contributed by atoms with Crippen molar-refractivity contribution in [3.05, 3.63) is 0 Å². The molecule has 1 aliphatic rings. The van der Waals surface area contributed by atoms with Gasteiger partial charge in [-0.1, -0.05) is 20.8 Å². The Balaban J connectivity index is 2.55. The van der Waals surface area contributed by atoms with Crippen molar-refractivity contribution in [2.24, 2.45) is 4.99 Å². The van der Waals surface area contributed by atoms with Gasteiger partial charge in [0.1, 0.15) is 6.23 Å². The molecule has 0 N–H and O–H groups in total. The van der Waals surface area contributed by atoms with Crippen LogP contribution in [0.3, 0.4) is 0 Å². The van der Waals surface area contributed by atoms with E-state index in [1.54, 1.807) is 0 Å². The summed E-state index contributed by atoms with van der Waals surface area (Å²) >= 11 is 0. The van der Waals surface area contributed by atoms with E-state index in [1.165, 1.54) is 5.71 Å². The van der Waals surface area contributed by atoms with Crippen LogP contribution >= 0.6 is 0 Å². The maximum Gasteiger partial charge on any atom is 0.148 e. The fraction of sp³-hybridized carbons (Fsp3) is 0.889. The summed E-state index contributed by atoms with van der Waals surface area (Å²) in [6.45, 7) is 6.40. The molecule has 2 atom stereocenters. The molecule has 2 nitrogen and oxygen atoms in total. The second-order valence-corrected chi connectivity index (χ2v) is 2.87. The zero-order valence-electron chi connectivity index (χ0n) is 7.63. The molecular weight excluding hydrogens is 138 g/mol. The van der Waals surface area contributed by atoms with E-state index in [2.05, 4.69) is 25.8 Å². The smallest absolute Gasteiger partial charge is 0.148 e. The van der Waals surface area contributed by atoms with Crippen LogP contribution in [0.25, 0.3) is 0 Å². The van der Waals surface area contributed by atoms with Crippen LogP contribution < -0.4 is 0 Å². The van der Waals surface area contributed by atoms with E-state index in [0.717, 1.165) is 19.3 Å². The Bertz CT molecular complexity index is 154. The lowest BCUT2D eigenvalue weighted by Gasteiger charge is -2.09. The molecule has 0 aliphatic carbocycles. The van der Waals surface area contributed by atoms with E-state index in [4.69, 9.17) is 4.74 Å². The first-order valence-electron chi connectivity index (χ1n) is 4.53. The molecule has 0 aromatic rings. The highest BCUT2D eigenvalue weighted by Crippen LogP contribution is 2.18. The second kappa shape index (κ2) is 3.86. The molecule has 2 heteroatoms. The second-order valence-electron chi connectivity index (χ2n) is 2.87. The van der Waals surface area contributed by atoms with Crippen molar-refractivity contribution in [3.8, 4) is 0 Å². The lowest BCUT2D eigenvalue weighted by atomic mass is 10.1. The number of rotatable bonds is 3. The number of ether oxygens (including phenoxy) is 1. The van der Waals surface area contributed by atoms with E-state index in [0.29, 0.717) is 6.10 Å². The van der Waals surface area contributed by atoms with Crippen LogP contribution in [0.1, 0.15) is 40.0 Å². The van der Waals surface area contributed by atoms with E-state index >= 15 is 0 Å². The van der Waals surface area contributed by atoms with Crippen LogP contribution in [0.15, 0.2) is 4.99 Å². The lowest BCUT2D eigenvalue weighted by Crippen LogP contribution is -2.17. The minimum atomic E-state index is 0.148. The zero-order valence-corrected chi connectivity index (χ0v) is 7.63. The molecule has 1 heterocycles. The first kappa shape index (κ1) is 8.72. The Hall–Kier alpha value is -0.370. The molecule has 0 fully saturated rings. The van der Waals surface area contributed by atoms with Crippen LogP contribution in [0.4, 0.5) is 0 Å². The van der Waals surface area contributed by atoms with E-state index < -0.39 is 0 Å². The SMILES string of the molecule is CCC1=NC(CC)OC1CC. The summed E-state index contributed by atoms with van der Waals surface area (Å²) in [4.78, 5) is 4.47. The molecule has 64 valence electrons. The molecule has 0 saturated heterocycles. The van der Waals surface area contributed by atoms with Crippen molar-refractivity contribution < 1.29 is 4.74 Å². The van der Waals surface area contributed by atoms with Crippen molar-refractivity contribution >= 4 is 5.71 Å². The fourth-order valence-corrected chi connectivity index (χ4v) is 1.40. The molecular formula is C9H17NO. The van der Waals surface area contributed by atoms with Crippen molar-refractivity contribution in [1.82, 2.24) is 0 Å². The predicted octanol–water partition coefficient (Wildman–Crippen LogP) is 2.38. The highest BCUT2D eigenvalue weighted by molar-refractivity contribution is 5.89.